The molecule has 190 valence electrons. The molecule has 7 heteroatoms. The van der Waals surface area contributed by atoms with Crippen molar-refractivity contribution in [3.05, 3.63) is 101 Å². The van der Waals surface area contributed by atoms with Gasteiger partial charge >= 0.3 is 0 Å². The van der Waals surface area contributed by atoms with E-state index in [0.29, 0.717) is 23.7 Å². The SMILES string of the molecule is CC(C)CNC(=O)[C@H](Cc1ccccc1)N(Cc1ccc(F)cc1)C(=O)CCSc1ccc(Cl)cc1. The first kappa shape index (κ1) is 27.8. The average Bonchev–Trinajstić information content (AvgIpc) is 2.87. The Morgan fingerprint density at radius 3 is 2.25 bits per heavy atom. The number of rotatable bonds is 12. The van der Waals surface area contributed by atoms with Crippen LogP contribution in [-0.4, -0.2) is 35.1 Å². The number of benzene rings is 3. The number of carbonyl (C=O) groups is 2. The molecule has 36 heavy (non-hydrogen) atoms. The fraction of sp³-hybridized carbons (Fsp3) is 0.310. The number of thioether (sulfide) groups is 1. The lowest BCUT2D eigenvalue weighted by molar-refractivity contribution is -0.141. The van der Waals surface area contributed by atoms with Gasteiger partial charge in [0.15, 0.2) is 0 Å². The summed E-state index contributed by atoms with van der Waals surface area (Å²) in [6.07, 6.45) is 0.652. The molecule has 0 unspecified atom stereocenters. The third-order valence-electron chi connectivity index (χ3n) is 5.62. The van der Waals surface area contributed by atoms with E-state index in [1.807, 2.05) is 68.4 Å². The number of amides is 2. The lowest BCUT2D eigenvalue weighted by Gasteiger charge is -2.32. The fourth-order valence-corrected chi connectivity index (χ4v) is 4.66. The zero-order valence-electron chi connectivity index (χ0n) is 20.6. The molecule has 3 aromatic rings. The highest BCUT2D eigenvalue weighted by molar-refractivity contribution is 7.99. The van der Waals surface area contributed by atoms with Crippen molar-refractivity contribution in [3.8, 4) is 0 Å². The highest BCUT2D eigenvalue weighted by Gasteiger charge is 2.30. The smallest absolute Gasteiger partial charge is 0.243 e. The second-order valence-electron chi connectivity index (χ2n) is 9.05. The van der Waals surface area contributed by atoms with Crippen LogP contribution >= 0.6 is 23.4 Å². The first-order valence-electron chi connectivity index (χ1n) is 12.1. The monoisotopic (exact) mass is 526 g/mol. The molecule has 0 aliphatic heterocycles. The van der Waals surface area contributed by atoms with E-state index in [0.717, 1.165) is 16.0 Å². The van der Waals surface area contributed by atoms with Gasteiger partial charge in [0.25, 0.3) is 0 Å². The summed E-state index contributed by atoms with van der Waals surface area (Å²) in [5.41, 5.74) is 1.74. The van der Waals surface area contributed by atoms with Crippen molar-refractivity contribution in [3.63, 3.8) is 0 Å². The summed E-state index contributed by atoms with van der Waals surface area (Å²) in [6, 6.07) is 22.5. The van der Waals surface area contributed by atoms with Crippen LogP contribution in [0.1, 0.15) is 31.4 Å². The maximum Gasteiger partial charge on any atom is 0.243 e. The van der Waals surface area contributed by atoms with Crippen molar-refractivity contribution in [2.24, 2.45) is 5.92 Å². The number of hydrogen-bond donors (Lipinski definition) is 1. The zero-order chi connectivity index (χ0) is 25.9. The Morgan fingerprint density at radius 1 is 0.944 bits per heavy atom. The van der Waals surface area contributed by atoms with Crippen molar-refractivity contribution >= 4 is 35.2 Å². The molecule has 0 saturated heterocycles. The third kappa shape index (κ3) is 8.99. The normalized spacial score (nSPS) is 11.8. The quantitative estimate of drug-likeness (QED) is 0.279. The molecule has 0 saturated carbocycles. The molecule has 3 rings (SSSR count). The molecule has 4 nitrogen and oxygen atoms in total. The van der Waals surface area contributed by atoms with Gasteiger partial charge in [0.05, 0.1) is 0 Å². The van der Waals surface area contributed by atoms with Crippen LogP contribution in [-0.2, 0) is 22.6 Å². The minimum atomic E-state index is -0.691. The molecule has 2 amide bonds. The summed E-state index contributed by atoms with van der Waals surface area (Å²) in [4.78, 5) is 29.6. The first-order chi connectivity index (χ1) is 17.3. The molecule has 0 fully saturated rings. The molecule has 0 aliphatic rings. The first-order valence-corrected chi connectivity index (χ1v) is 13.4. The van der Waals surface area contributed by atoms with Crippen molar-refractivity contribution in [2.45, 2.75) is 44.2 Å². The van der Waals surface area contributed by atoms with E-state index < -0.39 is 6.04 Å². The minimum Gasteiger partial charge on any atom is -0.354 e. The Morgan fingerprint density at radius 2 is 1.61 bits per heavy atom. The molecular formula is C29H32ClFN2O2S. The number of halogens is 2. The lowest BCUT2D eigenvalue weighted by Crippen LogP contribution is -2.51. The van der Waals surface area contributed by atoms with E-state index in [9.17, 15) is 14.0 Å². The van der Waals surface area contributed by atoms with Crippen LogP contribution in [0.2, 0.25) is 5.02 Å². The zero-order valence-corrected chi connectivity index (χ0v) is 22.2. The van der Waals surface area contributed by atoms with Crippen LogP contribution in [0.3, 0.4) is 0 Å². The van der Waals surface area contributed by atoms with E-state index in [-0.39, 0.29) is 36.5 Å². The highest BCUT2D eigenvalue weighted by atomic mass is 35.5. The Bertz CT molecular complexity index is 1110. The van der Waals surface area contributed by atoms with Gasteiger partial charge in [-0.3, -0.25) is 9.59 Å². The largest absolute Gasteiger partial charge is 0.354 e. The molecule has 1 N–H and O–H groups in total. The molecule has 0 bridgehead atoms. The van der Waals surface area contributed by atoms with E-state index >= 15 is 0 Å². The van der Waals surface area contributed by atoms with E-state index in [1.54, 1.807) is 28.8 Å². The van der Waals surface area contributed by atoms with Gasteiger partial charge in [-0.25, -0.2) is 4.39 Å². The van der Waals surface area contributed by atoms with Crippen LogP contribution < -0.4 is 5.32 Å². The number of nitrogens with one attached hydrogen (secondary N) is 1. The number of nitrogens with zero attached hydrogens (tertiary/aromatic N) is 1. The van der Waals surface area contributed by atoms with Gasteiger partial charge in [-0.2, -0.15) is 0 Å². The van der Waals surface area contributed by atoms with Gasteiger partial charge in [0.1, 0.15) is 11.9 Å². The van der Waals surface area contributed by atoms with Gasteiger partial charge in [-0.05, 0) is 53.4 Å². The summed E-state index contributed by atoms with van der Waals surface area (Å²) in [7, 11) is 0. The summed E-state index contributed by atoms with van der Waals surface area (Å²) in [5.74, 6) is 0.191. The average molecular weight is 527 g/mol. The van der Waals surface area contributed by atoms with E-state index in [4.69, 9.17) is 11.6 Å². The highest BCUT2D eigenvalue weighted by Crippen LogP contribution is 2.22. The predicted octanol–water partition coefficient (Wildman–Crippen LogP) is 6.37. The van der Waals surface area contributed by atoms with E-state index in [2.05, 4.69) is 5.32 Å². The molecule has 3 aromatic carbocycles. The Balaban J connectivity index is 1.82. The van der Waals surface area contributed by atoms with Crippen LogP contribution in [0.5, 0.6) is 0 Å². The lowest BCUT2D eigenvalue weighted by atomic mass is 10.0. The molecule has 0 radical (unpaired) electrons. The standard InChI is InChI=1S/C29H32ClFN2O2S/c1-21(2)19-32-29(35)27(18-22-6-4-3-5-7-22)33(20-23-8-12-25(31)13-9-23)28(34)16-17-36-26-14-10-24(30)11-15-26/h3-15,21,27H,16-20H2,1-2H3,(H,32,35)/t27-/m0/s1. The molecular weight excluding hydrogens is 495 g/mol. The minimum absolute atomic E-state index is 0.124. The number of carbonyl (C=O) groups excluding carboxylic acids is 2. The van der Waals surface area contributed by atoms with Gasteiger partial charge in [0.2, 0.25) is 11.8 Å². The van der Waals surface area contributed by atoms with Crippen molar-refractivity contribution in [1.82, 2.24) is 10.2 Å². The predicted molar refractivity (Wildman–Crippen MR) is 146 cm³/mol. The Kier molecular flexibility index (Phi) is 10.8. The Hall–Kier alpha value is -2.83. The van der Waals surface area contributed by atoms with Gasteiger partial charge < -0.3 is 10.2 Å². The molecule has 0 aromatic heterocycles. The van der Waals surface area contributed by atoms with Gasteiger partial charge in [-0.15, -0.1) is 11.8 Å². The van der Waals surface area contributed by atoms with Crippen molar-refractivity contribution in [1.29, 1.82) is 0 Å². The maximum absolute atomic E-state index is 13.6. The third-order valence-corrected chi connectivity index (χ3v) is 6.89. The summed E-state index contributed by atoms with van der Waals surface area (Å²) >= 11 is 7.53. The van der Waals surface area contributed by atoms with E-state index in [1.165, 1.54) is 12.1 Å². The Labute approximate surface area is 222 Å². The fourth-order valence-electron chi connectivity index (χ4n) is 3.69. The molecule has 1 atom stereocenters. The maximum atomic E-state index is 13.6. The summed E-state index contributed by atoms with van der Waals surface area (Å²) in [6.45, 7) is 4.80. The van der Waals surface area contributed by atoms with Crippen LogP contribution in [0.15, 0.2) is 83.8 Å². The molecule has 0 spiro atoms. The van der Waals surface area contributed by atoms with Gasteiger partial charge in [-0.1, -0.05) is 67.9 Å². The topological polar surface area (TPSA) is 49.4 Å². The molecule has 0 heterocycles. The summed E-state index contributed by atoms with van der Waals surface area (Å²) < 4.78 is 13.5. The van der Waals surface area contributed by atoms with Crippen LogP contribution in [0.25, 0.3) is 0 Å². The number of hydrogen-bond acceptors (Lipinski definition) is 3. The van der Waals surface area contributed by atoms with Crippen LogP contribution in [0, 0.1) is 11.7 Å². The van der Waals surface area contributed by atoms with Crippen molar-refractivity contribution < 1.29 is 14.0 Å². The summed E-state index contributed by atoms with van der Waals surface area (Å²) in [5, 5.41) is 3.67. The molecule has 0 aliphatic carbocycles. The second kappa shape index (κ2) is 14.0. The van der Waals surface area contributed by atoms with Gasteiger partial charge in [0, 0.05) is 41.6 Å². The van der Waals surface area contributed by atoms with Crippen molar-refractivity contribution in [2.75, 3.05) is 12.3 Å². The van der Waals surface area contributed by atoms with Crippen LogP contribution in [0.4, 0.5) is 4.39 Å². The second-order valence-corrected chi connectivity index (χ2v) is 10.6.